The lowest BCUT2D eigenvalue weighted by Gasteiger charge is -2.10. The van der Waals surface area contributed by atoms with E-state index in [2.05, 4.69) is 0 Å². The van der Waals surface area contributed by atoms with Gasteiger partial charge >= 0.3 is 0 Å². The van der Waals surface area contributed by atoms with Crippen LogP contribution in [0.3, 0.4) is 0 Å². The first-order chi connectivity index (χ1) is 8.48. The Morgan fingerprint density at radius 2 is 1.78 bits per heavy atom. The molecule has 0 fully saturated rings. The molecular formula is C14H16O3S. The molecule has 0 saturated heterocycles. The second kappa shape index (κ2) is 5.08. The summed E-state index contributed by atoms with van der Waals surface area (Å²) in [5.74, 6) is 0. The maximum Gasteiger partial charge on any atom is 0.267 e. The van der Waals surface area contributed by atoms with E-state index in [0.29, 0.717) is 12.8 Å². The highest BCUT2D eigenvalue weighted by molar-refractivity contribution is 7.86. The zero-order valence-corrected chi connectivity index (χ0v) is 11.0. The Balaban J connectivity index is 2.23. The predicted octanol–water partition coefficient (Wildman–Crippen LogP) is 3.05. The summed E-state index contributed by atoms with van der Waals surface area (Å²) < 4.78 is 30.9. The highest BCUT2D eigenvalue weighted by Crippen LogP contribution is 2.20. The van der Waals surface area contributed by atoms with Gasteiger partial charge in [0, 0.05) is 0 Å². The number of rotatable bonds is 4. The van der Waals surface area contributed by atoms with E-state index in [9.17, 15) is 8.42 Å². The second-order valence-corrected chi connectivity index (χ2v) is 6.34. The van der Waals surface area contributed by atoms with Crippen molar-refractivity contribution >= 4 is 20.9 Å². The van der Waals surface area contributed by atoms with Crippen LogP contribution < -0.4 is 0 Å². The Morgan fingerprint density at radius 1 is 1.11 bits per heavy atom. The Bertz CT molecular complexity index is 642. The van der Waals surface area contributed by atoms with Crippen LogP contribution in [-0.4, -0.2) is 18.2 Å². The van der Waals surface area contributed by atoms with Gasteiger partial charge in [0.2, 0.25) is 0 Å². The van der Waals surface area contributed by atoms with Crippen LogP contribution in [0.15, 0.2) is 42.5 Å². The first-order valence-electron chi connectivity index (χ1n) is 5.91. The molecule has 0 saturated carbocycles. The van der Waals surface area contributed by atoms with E-state index in [4.69, 9.17) is 4.55 Å². The smallest absolute Gasteiger partial charge is 0.267 e. The third kappa shape index (κ3) is 2.89. The van der Waals surface area contributed by atoms with Crippen molar-refractivity contribution in [1.29, 1.82) is 0 Å². The van der Waals surface area contributed by atoms with Gasteiger partial charge in [-0.3, -0.25) is 4.55 Å². The van der Waals surface area contributed by atoms with Gasteiger partial charge in [-0.2, -0.15) is 8.42 Å². The molecule has 0 aliphatic carbocycles. The van der Waals surface area contributed by atoms with E-state index in [1.165, 1.54) is 6.92 Å². The van der Waals surface area contributed by atoms with E-state index in [0.717, 1.165) is 16.3 Å². The molecule has 0 aliphatic heterocycles. The molecule has 96 valence electrons. The summed E-state index contributed by atoms with van der Waals surface area (Å²) in [7, 11) is -3.93. The molecule has 4 heteroatoms. The average Bonchev–Trinajstić information content (AvgIpc) is 2.34. The number of aryl methyl sites for hydroxylation is 1. The average molecular weight is 264 g/mol. The van der Waals surface area contributed by atoms with Gasteiger partial charge in [-0.1, -0.05) is 42.5 Å². The maximum atomic E-state index is 11.0. The van der Waals surface area contributed by atoms with Crippen LogP contribution >= 0.6 is 0 Å². The molecule has 0 spiro atoms. The van der Waals surface area contributed by atoms with E-state index >= 15 is 0 Å². The van der Waals surface area contributed by atoms with Gasteiger partial charge in [-0.05, 0) is 36.1 Å². The van der Waals surface area contributed by atoms with Crippen LogP contribution in [0.5, 0.6) is 0 Å². The molecule has 2 aromatic carbocycles. The van der Waals surface area contributed by atoms with Crippen molar-refractivity contribution < 1.29 is 13.0 Å². The highest BCUT2D eigenvalue weighted by atomic mass is 32.2. The Labute approximate surface area is 107 Å². The molecule has 3 nitrogen and oxygen atoms in total. The lowest BCUT2D eigenvalue weighted by atomic mass is 10.0. The van der Waals surface area contributed by atoms with Crippen LogP contribution in [0.25, 0.3) is 10.8 Å². The van der Waals surface area contributed by atoms with Crippen LogP contribution in [0.1, 0.15) is 18.9 Å². The van der Waals surface area contributed by atoms with Gasteiger partial charge in [-0.25, -0.2) is 0 Å². The molecule has 2 rings (SSSR count). The molecule has 1 unspecified atom stereocenters. The highest BCUT2D eigenvalue weighted by Gasteiger charge is 2.17. The van der Waals surface area contributed by atoms with E-state index in [1.54, 1.807) is 0 Å². The largest absolute Gasteiger partial charge is 0.285 e. The summed E-state index contributed by atoms with van der Waals surface area (Å²) in [6, 6.07) is 14.0. The number of hydrogen-bond acceptors (Lipinski definition) is 2. The van der Waals surface area contributed by atoms with E-state index in [-0.39, 0.29) is 0 Å². The molecule has 0 aromatic heterocycles. The predicted molar refractivity (Wildman–Crippen MR) is 73.3 cm³/mol. The Kier molecular flexibility index (Phi) is 3.68. The molecule has 0 heterocycles. The van der Waals surface area contributed by atoms with Crippen LogP contribution in [0.2, 0.25) is 0 Å². The fourth-order valence-corrected chi connectivity index (χ4v) is 2.43. The minimum Gasteiger partial charge on any atom is -0.285 e. The molecule has 1 atom stereocenters. The molecule has 0 radical (unpaired) electrons. The van der Waals surface area contributed by atoms with Crippen molar-refractivity contribution in [3.8, 4) is 0 Å². The number of benzene rings is 2. The molecule has 0 bridgehead atoms. The van der Waals surface area contributed by atoms with Crippen molar-refractivity contribution in [1.82, 2.24) is 0 Å². The molecule has 1 N–H and O–H groups in total. The summed E-state index contributed by atoms with van der Waals surface area (Å²) in [4.78, 5) is 0. The van der Waals surface area contributed by atoms with Gasteiger partial charge < -0.3 is 0 Å². The summed E-state index contributed by atoms with van der Waals surface area (Å²) in [6.45, 7) is 1.53. The standard InChI is InChI=1S/C14H16O3S/c1-11(18(15,16)17)9-10-13-7-4-6-12-5-2-3-8-14(12)13/h2-8,11H,9-10H2,1H3,(H,15,16,17). The van der Waals surface area contributed by atoms with Gasteiger partial charge in [0.1, 0.15) is 0 Å². The van der Waals surface area contributed by atoms with Crippen LogP contribution in [0.4, 0.5) is 0 Å². The second-order valence-electron chi connectivity index (χ2n) is 4.50. The number of hydrogen-bond donors (Lipinski definition) is 1. The monoisotopic (exact) mass is 264 g/mol. The lowest BCUT2D eigenvalue weighted by Crippen LogP contribution is -2.17. The summed E-state index contributed by atoms with van der Waals surface area (Å²) in [6.07, 6.45) is 1.06. The lowest BCUT2D eigenvalue weighted by molar-refractivity contribution is 0.466. The Morgan fingerprint density at radius 3 is 2.50 bits per heavy atom. The summed E-state index contributed by atoms with van der Waals surface area (Å²) >= 11 is 0. The van der Waals surface area contributed by atoms with Crippen molar-refractivity contribution in [3.05, 3.63) is 48.0 Å². The quantitative estimate of drug-likeness (QED) is 0.863. The van der Waals surface area contributed by atoms with Gasteiger partial charge in [0.15, 0.2) is 0 Å². The third-order valence-corrected chi connectivity index (χ3v) is 4.46. The van der Waals surface area contributed by atoms with Crippen LogP contribution in [0, 0.1) is 0 Å². The molecule has 0 amide bonds. The maximum absolute atomic E-state index is 11.0. The minimum atomic E-state index is -3.93. The first-order valence-corrected chi connectivity index (χ1v) is 7.42. The molecule has 0 aliphatic rings. The Hall–Kier alpha value is -1.39. The van der Waals surface area contributed by atoms with Gasteiger partial charge in [0.25, 0.3) is 10.1 Å². The molecular weight excluding hydrogens is 248 g/mol. The van der Waals surface area contributed by atoms with E-state index < -0.39 is 15.4 Å². The molecule has 2 aromatic rings. The first kappa shape index (κ1) is 13.1. The van der Waals surface area contributed by atoms with Gasteiger partial charge in [-0.15, -0.1) is 0 Å². The van der Waals surface area contributed by atoms with Gasteiger partial charge in [0.05, 0.1) is 5.25 Å². The third-order valence-electron chi connectivity index (χ3n) is 3.21. The zero-order chi connectivity index (χ0) is 13.2. The SMILES string of the molecule is CC(CCc1cccc2ccccc12)S(=O)(=O)O. The molecule has 18 heavy (non-hydrogen) atoms. The number of fused-ring (bicyclic) bond motifs is 1. The fraction of sp³-hybridized carbons (Fsp3) is 0.286. The van der Waals surface area contributed by atoms with Crippen molar-refractivity contribution in [2.75, 3.05) is 0 Å². The van der Waals surface area contributed by atoms with Crippen molar-refractivity contribution in [2.45, 2.75) is 25.0 Å². The van der Waals surface area contributed by atoms with Crippen molar-refractivity contribution in [3.63, 3.8) is 0 Å². The minimum absolute atomic E-state index is 0.423. The fourth-order valence-electron chi connectivity index (χ4n) is 2.02. The normalized spacial score (nSPS) is 13.7. The summed E-state index contributed by atoms with van der Waals surface area (Å²) in [5.41, 5.74) is 1.11. The topological polar surface area (TPSA) is 54.4 Å². The van der Waals surface area contributed by atoms with Crippen LogP contribution in [-0.2, 0) is 16.5 Å². The van der Waals surface area contributed by atoms with E-state index in [1.807, 2.05) is 42.5 Å². The summed E-state index contributed by atoms with van der Waals surface area (Å²) in [5, 5.41) is 1.56. The van der Waals surface area contributed by atoms with Crippen molar-refractivity contribution in [2.24, 2.45) is 0 Å². The zero-order valence-electron chi connectivity index (χ0n) is 10.2.